The Labute approximate surface area is 349 Å². The van der Waals surface area contributed by atoms with Crippen LogP contribution in [-0.2, 0) is 20.9 Å². The number of anilines is 2. The molecule has 5 fully saturated rings. The number of rotatable bonds is 10. The van der Waals surface area contributed by atoms with E-state index in [1.54, 1.807) is 18.5 Å². The Kier molecular flexibility index (Phi) is 10.2. The Morgan fingerprint density at radius 1 is 0.900 bits per heavy atom. The number of aromatic amines is 1. The first-order valence-electron chi connectivity index (χ1n) is 21.9. The van der Waals surface area contributed by atoms with Gasteiger partial charge in [-0.2, -0.15) is 5.10 Å². The van der Waals surface area contributed by atoms with Crippen molar-refractivity contribution in [2.45, 2.75) is 114 Å². The first-order valence-corrected chi connectivity index (χ1v) is 21.9. The molecule has 2 N–H and O–H groups in total. The molecule has 4 aliphatic heterocycles. The van der Waals surface area contributed by atoms with Gasteiger partial charge in [0, 0.05) is 74.3 Å². The fourth-order valence-electron chi connectivity index (χ4n) is 10.1. The van der Waals surface area contributed by atoms with Crippen molar-refractivity contribution in [1.29, 1.82) is 0 Å². The fourth-order valence-corrected chi connectivity index (χ4v) is 10.1. The number of imide groups is 1. The number of hydrogen-bond donors (Lipinski definition) is 2. The number of benzene rings is 2. The number of carbonyl (C=O) groups excluding carboxylic acids is 3. The predicted molar refractivity (Wildman–Crippen MR) is 223 cm³/mol. The predicted octanol–water partition coefficient (Wildman–Crippen LogP) is 5.61. The minimum absolute atomic E-state index is 0.0341. The quantitative estimate of drug-likeness (QED) is 0.193. The van der Waals surface area contributed by atoms with Gasteiger partial charge in [0.25, 0.3) is 5.91 Å². The first kappa shape index (κ1) is 39.0. The highest BCUT2D eigenvalue weighted by molar-refractivity contribution is 6.05. The van der Waals surface area contributed by atoms with Crippen LogP contribution in [0.15, 0.2) is 42.7 Å². The van der Waals surface area contributed by atoms with Gasteiger partial charge in [-0.25, -0.2) is 14.4 Å². The third-order valence-electron chi connectivity index (χ3n) is 13.9. The number of ether oxygens (including phenoxy) is 2. The van der Waals surface area contributed by atoms with E-state index in [1.165, 1.54) is 4.90 Å². The summed E-state index contributed by atoms with van der Waals surface area (Å²) in [6.07, 6.45) is 11.1. The molecule has 2 aromatic carbocycles. The largest absolute Gasteiger partial charge is 0.488 e. The molecule has 6 heterocycles. The molecule has 0 bridgehead atoms. The van der Waals surface area contributed by atoms with Gasteiger partial charge in [-0.1, -0.05) is 0 Å². The maximum atomic E-state index is 16.1. The standard InChI is InChI=1S/C45H54FN9O5/c1-27-23-52(19-20-54(27)37-10-8-32-34(41(37)46)25-55(44(32)58)38-11-12-40(56)49-43(38)57)24-28-3-5-29(6-4-28)59-30-13-17-53(18-14-30)39-22-36(47-26-48-39)42-33-21-31(60-45(2)15-16-45)7-9-35(33)50-51-42/h7-10,21-22,26-30,38H,3-6,11-20,23-25H2,1-2H3,(H,50,51)(H,49,56,57)/t27-,28-,29-,38?/m0/s1. The lowest BCUT2D eigenvalue weighted by atomic mass is 9.86. The van der Waals surface area contributed by atoms with E-state index in [4.69, 9.17) is 9.47 Å². The van der Waals surface area contributed by atoms with Gasteiger partial charge >= 0.3 is 0 Å². The summed E-state index contributed by atoms with van der Waals surface area (Å²) in [5, 5.41) is 11.1. The van der Waals surface area contributed by atoms with Crippen molar-refractivity contribution in [3.05, 3.63) is 59.7 Å². The number of H-pyrrole nitrogens is 1. The summed E-state index contributed by atoms with van der Waals surface area (Å²) in [6, 6.07) is 10.9. The van der Waals surface area contributed by atoms with E-state index in [1.807, 2.05) is 18.2 Å². The zero-order chi connectivity index (χ0) is 41.1. The molecule has 0 radical (unpaired) electrons. The van der Waals surface area contributed by atoms with Gasteiger partial charge in [0.1, 0.15) is 35.2 Å². The molecule has 4 aromatic rings. The van der Waals surface area contributed by atoms with Crippen LogP contribution >= 0.6 is 0 Å². The average molecular weight is 820 g/mol. The van der Waals surface area contributed by atoms with Crippen LogP contribution < -0.4 is 19.9 Å². The molecule has 10 rings (SSSR count). The van der Waals surface area contributed by atoms with Crippen molar-refractivity contribution in [3.63, 3.8) is 0 Å². The number of hydrogen-bond acceptors (Lipinski definition) is 11. The van der Waals surface area contributed by atoms with Crippen LogP contribution in [0, 0.1) is 11.7 Å². The van der Waals surface area contributed by atoms with E-state index in [2.05, 4.69) is 60.1 Å². The third kappa shape index (κ3) is 7.70. The molecule has 3 saturated heterocycles. The average Bonchev–Trinajstić information content (AvgIpc) is 3.66. The van der Waals surface area contributed by atoms with Crippen LogP contribution in [0.5, 0.6) is 5.75 Å². The molecule has 2 atom stereocenters. The second-order valence-corrected chi connectivity index (χ2v) is 18.2. The van der Waals surface area contributed by atoms with Gasteiger partial charge in [-0.05, 0) is 108 Å². The Bertz CT molecular complexity index is 2300. The van der Waals surface area contributed by atoms with Gasteiger partial charge in [0.15, 0.2) is 5.82 Å². The highest BCUT2D eigenvalue weighted by Crippen LogP contribution is 2.41. The van der Waals surface area contributed by atoms with Crippen molar-refractivity contribution in [2.24, 2.45) is 5.92 Å². The minimum atomic E-state index is -0.764. The van der Waals surface area contributed by atoms with Crippen LogP contribution in [0.25, 0.3) is 22.3 Å². The molecule has 3 amide bonds. The number of piperazine rings is 1. The number of amides is 3. The van der Waals surface area contributed by atoms with Crippen LogP contribution in [0.2, 0.25) is 0 Å². The lowest BCUT2D eigenvalue weighted by Crippen LogP contribution is -2.53. The highest BCUT2D eigenvalue weighted by Gasteiger charge is 2.42. The van der Waals surface area contributed by atoms with E-state index >= 15 is 4.39 Å². The van der Waals surface area contributed by atoms with Gasteiger partial charge < -0.3 is 24.2 Å². The second-order valence-electron chi connectivity index (χ2n) is 18.2. The third-order valence-corrected chi connectivity index (χ3v) is 13.9. The topological polar surface area (TPSA) is 149 Å². The first-order chi connectivity index (χ1) is 29.1. The fraction of sp³-hybridized carbons (Fsp3) is 0.556. The van der Waals surface area contributed by atoms with Gasteiger partial charge in [-0.3, -0.25) is 29.7 Å². The Hall–Kier alpha value is -5.15. The number of fused-ring (bicyclic) bond motifs is 2. The van der Waals surface area contributed by atoms with Crippen molar-refractivity contribution >= 4 is 40.1 Å². The lowest BCUT2D eigenvalue weighted by Gasteiger charge is -2.43. The van der Waals surface area contributed by atoms with Crippen molar-refractivity contribution in [2.75, 3.05) is 49.1 Å². The summed E-state index contributed by atoms with van der Waals surface area (Å²) < 4.78 is 29.1. The van der Waals surface area contributed by atoms with Crippen molar-refractivity contribution < 1.29 is 28.2 Å². The molecular weight excluding hydrogens is 766 g/mol. The molecule has 1 unspecified atom stereocenters. The number of piperidine rings is 2. The summed E-state index contributed by atoms with van der Waals surface area (Å²) in [5.41, 5.74) is 3.65. The number of nitrogens with zero attached hydrogens (tertiary/aromatic N) is 7. The smallest absolute Gasteiger partial charge is 0.255 e. The van der Waals surface area contributed by atoms with Crippen molar-refractivity contribution in [1.82, 2.24) is 35.3 Å². The molecular formula is C45H54FN9O5. The van der Waals surface area contributed by atoms with Crippen LogP contribution in [0.4, 0.5) is 15.9 Å². The number of carbonyl (C=O) groups is 3. The lowest BCUT2D eigenvalue weighted by molar-refractivity contribution is -0.136. The Morgan fingerprint density at radius 2 is 1.70 bits per heavy atom. The van der Waals surface area contributed by atoms with Crippen LogP contribution in [0.1, 0.15) is 94.0 Å². The molecule has 316 valence electrons. The zero-order valence-corrected chi connectivity index (χ0v) is 34.5. The summed E-state index contributed by atoms with van der Waals surface area (Å²) in [5.74, 6) is 0.812. The van der Waals surface area contributed by atoms with E-state index in [9.17, 15) is 14.4 Å². The minimum Gasteiger partial charge on any atom is -0.488 e. The molecule has 15 heteroatoms. The summed E-state index contributed by atoms with van der Waals surface area (Å²) in [4.78, 5) is 55.0. The molecule has 6 aliphatic rings. The molecule has 14 nitrogen and oxygen atoms in total. The summed E-state index contributed by atoms with van der Waals surface area (Å²) >= 11 is 0. The van der Waals surface area contributed by atoms with Crippen molar-refractivity contribution in [3.8, 4) is 17.1 Å². The van der Waals surface area contributed by atoms with Crippen LogP contribution in [-0.4, -0.2) is 117 Å². The van der Waals surface area contributed by atoms with Gasteiger partial charge in [0.05, 0.1) is 35.7 Å². The molecule has 2 aromatic heterocycles. The SMILES string of the molecule is C[C@H]1CN(C[C@H]2CC[C@H](OC3CCN(c4cc(-c5n[nH]c6ccc(OC7(C)CC7)cc56)ncn4)CC3)CC2)CCN1c1ccc2c(c1F)CN(C1CCC(=O)NC1=O)C2=O. The Balaban J connectivity index is 0.678. The Morgan fingerprint density at radius 3 is 2.47 bits per heavy atom. The zero-order valence-electron chi connectivity index (χ0n) is 34.5. The van der Waals surface area contributed by atoms with Crippen LogP contribution in [0.3, 0.4) is 0 Å². The molecule has 60 heavy (non-hydrogen) atoms. The van der Waals surface area contributed by atoms with E-state index < -0.39 is 11.9 Å². The number of halogens is 1. The molecule has 0 spiro atoms. The van der Waals surface area contributed by atoms with Gasteiger partial charge in [0.2, 0.25) is 11.8 Å². The van der Waals surface area contributed by atoms with E-state index in [-0.39, 0.29) is 54.8 Å². The maximum absolute atomic E-state index is 16.1. The monoisotopic (exact) mass is 819 g/mol. The van der Waals surface area contributed by atoms with E-state index in [0.29, 0.717) is 35.4 Å². The maximum Gasteiger partial charge on any atom is 0.255 e. The highest BCUT2D eigenvalue weighted by atomic mass is 19.1. The second kappa shape index (κ2) is 15.7. The molecule has 2 saturated carbocycles. The normalized spacial score (nSPS) is 26.1. The number of nitrogens with one attached hydrogen (secondary N) is 2. The van der Waals surface area contributed by atoms with Gasteiger partial charge in [-0.15, -0.1) is 0 Å². The molecule has 2 aliphatic carbocycles. The number of aromatic nitrogens is 4. The van der Waals surface area contributed by atoms with E-state index in [0.717, 1.165) is 118 Å². The summed E-state index contributed by atoms with van der Waals surface area (Å²) in [7, 11) is 0. The summed E-state index contributed by atoms with van der Waals surface area (Å²) in [6.45, 7) is 9.51.